The van der Waals surface area contributed by atoms with E-state index in [-0.39, 0.29) is 23.9 Å². The van der Waals surface area contributed by atoms with Gasteiger partial charge < -0.3 is 16.4 Å². The molecule has 39 heavy (non-hydrogen) atoms. The molecule has 4 N–H and O–H groups in total. The lowest BCUT2D eigenvalue weighted by Crippen LogP contribution is -2.57. The van der Waals surface area contributed by atoms with Gasteiger partial charge in [-0.15, -0.1) is 0 Å². The second kappa shape index (κ2) is 13.0. The van der Waals surface area contributed by atoms with E-state index in [1.165, 1.54) is 28.6 Å². The first-order valence-corrected chi connectivity index (χ1v) is 15.2. The fraction of sp³-hybridized carbons (Fsp3) is 0.536. The number of nitrogens with one attached hydrogen (secondary N) is 2. The fourth-order valence-corrected chi connectivity index (χ4v) is 7.30. The topological polar surface area (TPSA) is 148 Å². The minimum Gasteiger partial charge on any atom is -0.350 e. The lowest BCUT2D eigenvalue weighted by atomic mass is 9.94. The Morgan fingerprint density at radius 1 is 1.10 bits per heavy atom. The van der Waals surface area contributed by atoms with Gasteiger partial charge in [0.25, 0.3) is 5.69 Å². The summed E-state index contributed by atoms with van der Waals surface area (Å²) in [6.45, 7) is 1.95. The van der Waals surface area contributed by atoms with Gasteiger partial charge in [0.05, 0.1) is 10.5 Å². The molecule has 1 amide bonds. The third-order valence-electron chi connectivity index (χ3n) is 7.96. The molecule has 0 unspecified atom stereocenters. The molecule has 4 rings (SSSR count). The fourth-order valence-electron chi connectivity index (χ4n) is 5.64. The number of hydrogen-bond donors (Lipinski definition) is 3. The van der Waals surface area contributed by atoms with E-state index < -0.39 is 32.2 Å². The molecule has 212 valence electrons. The molecule has 1 saturated carbocycles. The maximum atomic E-state index is 14.0. The highest BCUT2D eigenvalue weighted by molar-refractivity contribution is 7.89. The molecule has 0 aromatic heterocycles. The van der Waals surface area contributed by atoms with Crippen LogP contribution in [0.15, 0.2) is 59.5 Å². The number of nitrogens with two attached hydrogens (primary N) is 1. The van der Waals surface area contributed by atoms with Crippen LogP contribution in [-0.2, 0) is 21.2 Å². The van der Waals surface area contributed by atoms with Crippen molar-refractivity contribution in [1.82, 2.24) is 14.9 Å². The average molecular weight is 558 g/mol. The van der Waals surface area contributed by atoms with Crippen molar-refractivity contribution in [3.63, 3.8) is 0 Å². The predicted octanol–water partition coefficient (Wildman–Crippen LogP) is 2.97. The van der Waals surface area contributed by atoms with Crippen LogP contribution >= 0.6 is 0 Å². The van der Waals surface area contributed by atoms with Gasteiger partial charge in [-0.3, -0.25) is 14.9 Å². The summed E-state index contributed by atoms with van der Waals surface area (Å²) in [6, 6.07) is 14.4. The first-order valence-electron chi connectivity index (χ1n) is 13.8. The molecule has 10 nitrogen and oxygen atoms in total. The Labute approximate surface area is 230 Å². The van der Waals surface area contributed by atoms with E-state index in [2.05, 4.69) is 10.6 Å². The first-order chi connectivity index (χ1) is 18.7. The van der Waals surface area contributed by atoms with Gasteiger partial charge in [-0.05, 0) is 69.2 Å². The third-order valence-corrected chi connectivity index (χ3v) is 9.87. The van der Waals surface area contributed by atoms with Crippen LogP contribution in [0.25, 0.3) is 0 Å². The normalized spacial score (nSPS) is 18.6. The van der Waals surface area contributed by atoms with Crippen molar-refractivity contribution in [2.45, 2.75) is 67.8 Å². The van der Waals surface area contributed by atoms with Crippen LogP contribution in [0.5, 0.6) is 0 Å². The maximum Gasteiger partial charge on any atom is 0.289 e. The zero-order valence-electron chi connectivity index (χ0n) is 22.3. The standard InChI is InChI=1S/C28H39N5O5S/c29-28(15-6-7-16-28)27(34)31-24(20-23-8-2-1-3-9-23)21-32(19-14-22-12-17-30-18-13-22)39(37,38)26-11-5-4-10-25(26)33(35)36/h1-5,8-11,22,24,30H,6-7,12-21,29H2,(H,31,34)/t24-/m1/s1. The Morgan fingerprint density at radius 2 is 1.74 bits per heavy atom. The van der Waals surface area contributed by atoms with Gasteiger partial charge in [0.15, 0.2) is 4.90 Å². The van der Waals surface area contributed by atoms with Crippen LogP contribution in [-0.4, -0.2) is 61.3 Å². The lowest BCUT2D eigenvalue weighted by molar-refractivity contribution is -0.387. The molecule has 2 aliphatic rings. The first kappa shape index (κ1) is 29.1. The van der Waals surface area contributed by atoms with Gasteiger partial charge in [0.1, 0.15) is 0 Å². The van der Waals surface area contributed by atoms with Gasteiger partial charge in [0, 0.05) is 25.2 Å². The molecule has 1 aliphatic carbocycles. The molecule has 1 atom stereocenters. The number of carbonyl (C=O) groups excluding carboxylic acids is 1. The number of piperidine rings is 1. The van der Waals surface area contributed by atoms with Crippen molar-refractivity contribution in [1.29, 1.82) is 0 Å². The van der Waals surface area contributed by atoms with Crippen molar-refractivity contribution in [3.05, 3.63) is 70.3 Å². The molecule has 0 radical (unpaired) electrons. The summed E-state index contributed by atoms with van der Waals surface area (Å²) in [5.74, 6) is 0.0741. The minimum absolute atomic E-state index is 0.0178. The molecular formula is C28H39N5O5S. The van der Waals surface area contributed by atoms with Crippen LogP contribution in [0, 0.1) is 16.0 Å². The second-order valence-corrected chi connectivity index (χ2v) is 12.7. The summed E-state index contributed by atoms with van der Waals surface area (Å²) in [5.41, 5.74) is 5.96. The van der Waals surface area contributed by atoms with E-state index in [4.69, 9.17) is 5.73 Å². The zero-order valence-corrected chi connectivity index (χ0v) is 23.1. The van der Waals surface area contributed by atoms with Gasteiger partial charge in [0.2, 0.25) is 15.9 Å². The van der Waals surface area contributed by atoms with E-state index in [0.717, 1.165) is 44.3 Å². The number of nitro benzene ring substituents is 1. The molecule has 2 aromatic rings. The van der Waals surface area contributed by atoms with Crippen LogP contribution in [0.3, 0.4) is 0 Å². The summed E-state index contributed by atoms with van der Waals surface area (Å²) in [5, 5.41) is 18.1. The Bertz CT molecular complexity index is 1230. The van der Waals surface area contributed by atoms with Gasteiger partial charge in [-0.1, -0.05) is 55.3 Å². The van der Waals surface area contributed by atoms with E-state index in [0.29, 0.717) is 31.6 Å². The lowest BCUT2D eigenvalue weighted by Gasteiger charge is -2.32. The number of sulfonamides is 1. The van der Waals surface area contributed by atoms with Crippen molar-refractivity contribution in [2.24, 2.45) is 11.7 Å². The van der Waals surface area contributed by atoms with Gasteiger partial charge in [-0.2, -0.15) is 4.31 Å². The molecule has 1 saturated heterocycles. The number of amides is 1. The predicted molar refractivity (Wildman–Crippen MR) is 150 cm³/mol. The quantitative estimate of drug-likeness (QED) is 0.268. The average Bonchev–Trinajstić information content (AvgIpc) is 3.39. The number of benzene rings is 2. The summed E-state index contributed by atoms with van der Waals surface area (Å²) in [7, 11) is -4.24. The highest BCUT2D eigenvalue weighted by atomic mass is 32.2. The molecule has 11 heteroatoms. The van der Waals surface area contributed by atoms with Crippen LogP contribution in [0.1, 0.15) is 50.5 Å². The van der Waals surface area contributed by atoms with Crippen LogP contribution in [0.2, 0.25) is 0 Å². The molecule has 0 spiro atoms. The Kier molecular flexibility index (Phi) is 9.71. The van der Waals surface area contributed by atoms with Crippen LogP contribution in [0.4, 0.5) is 5.69 Å². The molecule has 1 heterocycles. The van der Waals surface area contributed by atoms with Crippen molar-refractivity contribution in [3.8, 4) is 0 Å². The summed E-state index contributed by atoms with van der Waals surface area (Å²) in [6.07, 6.45) is 5.85. The number of para-hydroxylation sites is 1. The monoisotopic (exact) mass is 557 g/mol. The minimum atomic E-state index is -4.24. The Morgan fingerprint density at radius 3 is 2.41 bits per heavy atom. The number of rotatable bonds is 12. The van der Waals surface area contributed by atoms with E-state index >= 15 is 0 Å². The van der Waals surface area contributed by atoms with Gasteiger partial charge in [-0.25, -0.2) is 8.42 Å². The van der Waals surface area contributed by atoms with E-state index in [1.807, 2.05) is 30.3 Å². The Hall–Kier alpha value is -2.86. The SMILES string of the molecule is NC1(C(=O)N[C@H](Cc2ccccc2)CN(CCC2CCNCC2)S(=O)(=O)c2ccccc2[N+](=O)[O-])CCCC1. The summed E-state index contributed by atoms with van der Waals surface area (Å²) in [4.78, 5) is 24.0. The second-order valence-electron chi connectivity index (χ2n) is 10.8. The highest BCUT2D eigenvalue weighted by Crippen LogP contribution is 2.29. The molecule has 1 aliphatic heterocycles. The van der Waals surface area contributed by atoms with Crippen molar-refractivity contribution >= 4 is 21.6 Å². The summed E-state index contributed by atoms with van der Waals surface area (Å²) < 4.78 is 29.3. The number of nitrogens with zero attached hydrogens (tertiary/aromatic N) is 2. The summed E-state index contributed by atoms with van der Waals surface area (Å²) >= 11 is 0. The van der Waals surface area contributed by atoms with Gasteiger partial charge >= 0.3 is 0 Å². The van der Waals surface area contributed by atoms with Crippen molar-refractivity contribution < 1.29 is 18.1 Å². The molecule has 2 fully saturated rings. The number of nitro groups is 1. The Balaban J connectivity index is 1.64. The molecule has 0 bridgehead atoms. The largest absolute Gasteiger partial charge is 0.350 e. The maximum absolute atomic E-state index is 14.0. The van der Waals surface area contributed by atoms with Crippen molar-refractivity contribution in [2.75, 3.05) is 26.2 Å². The molecular weight excluding hydrogens is 518 g/mol. The zero-order chi connectivity index (χ0) is 27.9. The smallest absolute Gasteiger partial charge is 0.289 e. The molecule has 2 aromatic carbocycles. The number of hydrogen-bond acceptors (Lipinski definition) is 7. The third kappa shape index (κ3) is 7.42. The highest BCUT2D eigenvalue weighted by Gasteiger charge is 2.39. The number of carbonyl (C=O) groups is 1. The van der Waals surface area contributed by atoms with E-state index in [1.54, 1.807) is 0 Å². The van der Waals surface area contributed by atoms with E-state index in [9.17, 15) is 23.3 Å². The van der Waals surface area contributed by atoms with Crippen LogP contribution < -0.4 is 16.4 Å².